The molecule has 6 heteroatoms. The minimum absolute atomic E-state index is 0.00975. The molecule has 1 aliphatic rings. The summed E-state index contributed by atoms with van der Waals surface area (Å²) < 4.78 is 15.9. The minimum Gasteiger partial charge on any atom is -0.591 e. The summed E-state index contributed by atoms with van der Waals surface area (Å²) in [5.74, 6) is 0.233. The summed E-state index contributed by atoms with van der Waals surface area (Å²) in [4.78, 5) is 10.7. The quantitative estimate of drug-likeness (QED) is 0.618. The third kappa shape index (κ3) is 5.40. The van der Waals surface area contributed by atoms with Gasteiger partial charge in [0.05, 0.1) is 5.71 Å². The van der Waals surface area contributed by atoms with Crippen molar-refractivity contribution in [1.29, 1.82) is 0 Å². The summed E-state index contributed by atoms with van der Waals surface area (Å²) in [7, 11) is 0. The zero-order chi connectivity index (χ0) is 14.6. The highest BCUT2D eigenvalue weighted by atomic mass is 32.2. The summed E-state index contributed by atoms with van der Waals surface area (Å²) in [6.07, 6.45) is 2.62. The zero-order valence-corrected chi connectivity index (χ0v) is 12.9. The molecule has 3 atom stereocenters. The lowest BCUT2D eigenvalue weighted by Gasteiger charge is -2.29. The Morgan fingerprint density at radius 1 is 1.42 bits per heavy atom. The molecule has 0 radical (unpaired) electrons. The van der Waals surface area contributed by atoms with Gasteiger partial charge in [0.2, 0.25) is 0 Å². The summed E-state index contributed by atoms with van der Waals surface area (Å²) in [6.45, 7) is 7.60. The Hall–Kier alpha value is -0.750. The molecule has 1 unspecified atom stereocenters. The number of rotatable bonds is 3. The summed E-state index contributed by atoms with van der Waals surface area (Å²) in [5.41, 5.74) is 0.880. The Balaban J connectivity index is 2.63. The number of amides is 1. The van der Waals surface area contributed by atoms with Crippen molar-refractivity contribution in [2.75, 3.05) is 0 Å². The van der Waals surface area contributed by atoms with Crippen LogP contribution in [0.2, 0.25) is 0 Å². The lowest BCUT2D eigenvalue weighted by molar-refractivity contribution is 0.184. The maximum Gasteiger partial charge on any atom is 0.404 e. The SMILES string of the molecule is C/C(=N\[S+]([O-])C(C)(C)C)[C@H]1CCC[C@@H](NC(=O)O)C1. The van der Waals surface area contributed by atoms with Gasteiger partial charge in [-0.25, -0.2) is 4.79 Å². The standard InChI is InChI=1S/C13H24N2O3S/c1-9(15-19(18)13(2,3)4)10-6-5-7-11(8-10)14-12(16)17/h10-11,14H,5-8H2,1-4H3,(H,16,17)/b15-9+/t10-,11+,19?/m0/s1. The van der Waals surface area contributed by atoms with E-state index in [2.05, 4.69) is 9.71 Å². The van der Waals surface area contributed by atoms with Crippen molar-refractivity contribution in [3.63, 3.8) is 0 Å². The van der Waals surface area contributed by atoms with Crippen LogP contribution in [0.3, 0.4) is 0 Å². The molecule has 1 rings (SSSR count). The Morgan fingerprint density at radius 2 is 2.05 bits per heavy atom. The molecular formula is C13H24N2O3S. The molecule has 0 aromatic rings. The van der Waals surface area contributed by atoms with Gasteiger partial charge in [0.1, 0.15) is 16.1 Å². The van der Waals surface area contributed by atoms with Crippen LogP contribution in [-0.2, 0) is 11.4 Å². The fraction of sp³-hybridized carbons (Fsp3) is 0.846. The number of hydrogen-bond acceptors (Lipinski definition) is 3. The van der Waals surface area contributed by atoms with E-state index in [1.165, 1.54) is 0 Å². The molecule has 2 N–H and O–H groups in total. The van der Waals surface area contributed by atoms with Gasteiger partial charge >= 0.3 is 6.09 Å². The van der Waals surface area contributed by atoms with Gasteiger partial charge in [-0.1, -0.05) is 10.8 Å². The predicted octanol–water partition coefficient (Wildman–Crippen LogP) is 2.74. The number of nitrogens with one attached hydrogen (secondary N) is 1. The van der Waals surface area contributed by atoms with Crippen LogP contribution in [0.15, 0.2) is 4.40 Å². The van der Waals surface area contributed by atoms with Crippen molar-refractivity contribution in [2.24, 2.45) is 10.3 Å². The van der Waals surface area contributed by atoms with Gasteiger partial charge in [-0.05, 0) is 47.0 Å². The molecule has 1 aliphatic carbocycles. The lowest BCUT2D eigenvalue weighted by atomic mass is 9.83. The van der Waals surface area contributed by atoms with Crippen LogP contribution >= 0.6 is 0 Å². The van der Waals surface area contributed by atoms with Gasteiger partial charge in [-0.3, -0.25) is 0 Å². The average molecular weight is 288 g/mol. The van der Waals surface area contributed by atoms with E-state index >= 15 is 0 Å². The molecule has 110 valence electrons. The van der Waals surface area contributed by atoms with E-state index in [1.54, 1.807) is 0 Å². The van der Waals surface area contributed by atoms with Crippen molar-refractivity contribution in [2.45, 2.75) is 64.2 Å². The van der Waals surface area contributed by atoms with Gasteiger partial charge in [-0.2, -0.15) is 0 Å². The van der Waals surface area contributed by atoms with Gasteiger partial charge in [0.15, 0.2) is 0 Å². The van der Waals surface area contributed by atoms with Crippen LogP contribution in [0.25, 0.3) is 0 Å². The Bertz CT molecular complexity index is 352. The first-order chi connectivity index (χ1) is 8.70. The molecule has 0 aromatic heterocycles. The molecule has 0 heterocycles. The van der Waals surface area contributed by atoms with Crippen molar-refractivity contribution in [3.05, 3.63) is 0 Å². The Morgan fingerprint density at radius 3 is 2.58 bits per heavy atom. The third-order valence-corrected chi connectivity index (χ3v) is 4.84. The molecule has 5 nitrogen and oxygen atoms in total. The van der Waals surface area contributed by atoms with E-state index < -0.39 is 17.5 Å². The lowest BCUT2D eigenvalue weighted by Crippen LogP contribution is -2.39. The van der Waals surface area contributed by atoms with Gasteiger partial charge in [-0.15, -0.1) is 0 Å². The van der Waals surface area contributed by atoms with E-state index in [-0.39, 0.29) is 16.7 Å². The molecule has 1 saturated carbocycles. The van der Waals surface area contributed by atoms with Crippen LogP contribution in [0, 0.1) is 5.92 Å². The fourth-order valence-electron chi connectivity index (χ4n) is 2.22. The van der Waals surface area contributed by atoms with E-state index in [0.29, 0.717) is 0 Å². The Kier molecular flexibility index (Phi) is 5.67. The van der Waals surface area contributed by atoms with Gasteiger partial charge in [0.25, 0.3) is 0 Å². The first-order valence-electron chi connectivity index (χ1n) is 6.67. The monoisotopic (exact) mass is 288 g/mol. The summed E-state index contributed by atoms with van der Waals surface area (Å²) >= 11 is -1.24. The smallest absolute Gasteiger partial charge is 0.404 e. The first kappa shape index (κ1) is 16.3. The molecule has 0 saturated heterocycles. The third-order valence-electron chi connectivity index (χ3n) is 3.34. The molecule has 1 amide bonds. The second kappa shape index (κ2) is 6.61. The van der Waals surface area contributed by atoms with Gasteiger partial charge < -0.3 is 15.0 Å². The maximum absolute atomic E-state index is 12.0. The molecule has 0 bridgehead atoms. The van der Waals surface area contributed by atoms with E-state index in [1.807, 2.05) is 27.7 Å². The molecule has 1 fully saturated rings. The topological polar surface area (TPSA) is 84.8 Å². The summed E-state index contributed by atoms with van der Waals surface area (Å²) in [5, 5.41) is 11.3. The highest BCUT2D eigenvalue weighted by Gasteiger charge is 2.30. The van der Waals surface area contributed by atoms with Crippen LogP contribution in [0.5, 0.6) is 0 Å². The van der Waals surface area contributed by atoms with E-state index in [9.17, 15) is 9.35 Å². The first-order valence-corrected chi connectivity index (χ1v) is 7.77. The van der Waals surface area contributed by atoms with Crippen LogP contribution < -0.4 is 5.32 Å². The number of carboxylic acid groups (broad SMARTS) is 1. The number of hydrogen-bond donors (Lipinski definition) is 2. The fourth-order valence-corrected chi connectivity index (χ4v) is 2.90. The van der Waals surface area contributed by atoms with E-state index in [0.717, 1.165) is 31.4 Å². The van der Waals surface area contributed by atoms with E-state index in [4.69, 9.17) is 5.11 Å². The van der Waals surface area contributed by atoms with Crippen LogP contribution in [0.1, 0.15) is 53.4 Å². The molecular weight excluding hydrogens is 264 g/mol. The largest absolute Gasteiger partial charge is 0.591 e. The highest BCUT2D eigenvalue weighted by Crippen LogP contribution is 2.27. The summed E-state index contributed by atoms with van der Waals surface area (Å²) in [6, 6.07) is -0.00975. The molecule has 0 spiro atoms. The molecule has 0 aliphatic heterocycles. The Labute approximate surface area is 118 Å². The normalized spacial score (nSPS) is 26.9. The predicted molar refractivity (Wildman–Crippen MR) is 77.9 cm³/mol. The van der Waals surface area contributed by atoms with Crippen LogP contribution in [0.4, 0.5) is 4.79 Å². The minimum atomic E-state index is -1.24. The molecule has 19 heavy (non-hydrogen) atoms. The average Bonchev–Trinajstić information content (AvgIpc) is 2.27. The van der Waals surface area contributed by atoms with Crippen molar-refractivity contribution in [1.82, 2.24) is 5.32 Å². The maximum atomic E-state index is 12.0. The second-order valence-electron chi connectivity index (χ2n) is 6.10. The van der Waals surface area contributed by atoms with Crippen molar-refractivity contribution >= 4 is 23.2 Å². The molecule has 0 aromatic carbocycles. The number of carbonyl (C=O) groups is 1. The van der Waals surface area contributed by atoms with Crippen molar-refractivity contribution < 1.29 is 14.5 Å². The van der Waals surface area contributed by atoms with Crippen LogP contribution in [-0.4, -0.2) is 32.3 Å². The highest BCUT2D eigenvalue weighted by molar-refractivity contribution is 7.91. The zero-order valence-electron chi connectivity index (χ0n) is 12.1. The second-order valence-corrected chi connectivity index (χ2v) is 8.01. The van der Waals surface area contributed by atoms with Crippen molar-refractivity contribution in [3.8, 4) is 0 Å². The van der Waals surface area contributed by atoms with Gasteiger partial charge in [0, 0.05) is 12.0 Å². The number of nitrogens with zero attached hydrogens (tertiary/aromatic N) is 1.